The second-order valence-corrected chi connectivity index (χ2v) is 5.48. The molecule has 3 nitrogen and oxygen atoms in total. The van der Waals surface area contributed by atoms with Crippen molar-refractivity contribution in [3.8, 4) is 5.75 Å². The number of halogens is 3. The molecule has 1 saturated heterocycles. The summed E-state index contributed by atoms with van der Waals surface area (Å²) in [4.78, 5) is 2.38. The molecule has 0 unspecified atom stereocenters. The van der Waals surface area contributed by atoms with E-state index in [1.807, 2.05) is 6.07 Å². The molecule has 1 aliphatic rings. The van der Waals surface area contributed by atoms with Crippen LogP contribution in [0.2, 0.25) is 10.0 Å². The van der Waals surface area contributed by atoms with Crippen LogP contribution in [0.3, 0.4) is 0 Å². The van der Waals surface area contributed by atoms with Crippen molar-refractivity contribution >= 4 is 35.6 Å². The van der Waals surface area contributed by atoms with Crippen molar-refractivity contribution < 1.29 is 4.74 Å². The van der Waals surface area contributed by atoms with E-state index < -0.39 is 0 Å². The molecule has 1 heterocycles. The van der Waals surface area contributed by atoms with Crippen molar-refractivity contribution in [2.45, 2.75) is 19.5 Å². The topological polar surface area (TPSA) is 24.5 Å². The predicted octanol–water partition coefficient (Wildman–Crippen LogP) is 3.22. The van der Waals surface area contributed by atoms with Gasteiger partial charge in [0.2, 0.25) is 0 Å². The molecule has 0 bridgehead atoms. The van der Waals surface area contributed by atoms with E-state index >= 15 is 0 Å². The van der Waals surface area contributed by atoms with Crippen LogP contribution in [0, 0.1) is 0 Å². The van der Waals surface area contributed by atoms with E-state index in [9.17, 15) is 0 Å². The number of nitrogens with one attached hydrogen (secondary N) is 1. The third-order valence-electron chi connectivity index (χ3n) is 3.17. The molecule has 1 aromatic rings. The average Bonchev–Trinajstić information content (AvgIpc) is 2.33. The first-order valence-electron chi connectivity index (χ1n) is 6.08. The zero-order chi connectivity index (χ0) is 13.1. The molecule has 0 saturated carbocycles. The Labute approximate surface area is 130 Å². The van der Waals surface area contributed by atoms with Gasteiger partial charge >= 0.3 is 0 Å². The van der Waals surface area contributed by atoms with E-state index in [1.165, 1.54) is 0 Å². The first-order chi connectivity index (χ1) is 8.60. The highest BCUT2D eigenvalue weighted by Crippen LogP contribution is 2.31. The Hall–Kier alpha value is -0.190. The number of ether oxygens (including phenoxy) is 1. The first kappa shape index (κ1) is 16.9. The summed E-state index contributed by atoms with van der Waals surface area (Å²) < 4.78 is 5.15. The van der Waals surface area contributed by atoms with Crippen LogP contribution in [0.4, 0.5) is 0 Å². The minimum atomic E-state index is 0. The van der Waals surface area contributed by atoms with Gasteiger partial charge in [-0.2, -0.15) is 0 Å². The lowest BCUT2D eigenvalue weighted by Gasteiger charge is -2.32. The summed E-state index contributed by atoms with van der Waals surface area (Å²) in [6.07, 6.45) is 0. The Morgan fingerprint density at radius 3 is 2.74 bits per heavy atom. The lowest BCUT2D eigenvalue weighted by atomic mass is 10.1. The highest BCUT2D eigenvalue weighted by molar-refractivity contribution is 6.34. The smallest absolute Gasteiger partial charge is 0.138 e. The van der Waals surface area contributed by atoms with Crippen molar-refractivity contribution in [1.82, 2.24) is 10.2 Å². The Morgan fingerprint density at radius 2 is 2.11 bits per heavy atom. The summed E-state index contributed by atoms with van der Waals surface area (Å²) in [5.74, 6) is 0.624. The van der Waals surface area contributed by atoms with Gasteiger partial charge in [0.1, 0.15) is 5.75 Å². The maximum Gasteiger partial charge on any atom is 0.138 e. The molecular weight excluding hydrogens is 307 g/mol. The Balaban J connectivity index is 0.00000180. The van der Waals surface area contributed by atoms with Gasteiger partial charge in [-0.15, -0.1) is 12.4 Å². The molecule has 0 aliphatic carbocycles. The van der Waals surface area contributed by atoms with Gasteiger partial charge in [0, 0.05) is 43.3 Å². The fraction of sp³-hybridized carbons (Fsp3) is 0.538. The summed E-state index contributed by atoms with van der Waals surface area (Å²) in [6, 6.07) is 4.20. The highest BCUT2D eigenvalue weighted by Gasteiger charge is 2.17. The predicted molar refractivity (Wildman–Crippen MR) is 83.0 cm³/mol. The Bertz CT molecular complexity index is 429. The van der Waals surface area contributed by atoms with Crippen LogP contribution in [-0.2, 0) is 6.54 Å². The van der Waals surface area contributed by atoms with Crippen molar-refractivity contribution in [2.24, 2.45) is 0 Å². The molecule has 1 aromatic carbocycles. The molecule has 6 heteroatoms. The van der Waals surface area contributed by atoms with E-state index in [1.54, 1.807) is 13.2 Å². The van der Waals surface area contributed by atoms with E-state index in [-0.39, 0.29) is 12.4 Å². The fourth-order valence-corrected chi connectivity index (χ4v) is 2.72. The molecule has 1 fully saturated rings. The van der Waals surface area contributed by atoms with Crippen molar-refractivity contribution in [3.63, 3.8) is 0 Å². The summed E-state index contributed by atoms with van der Waals surface area (Å²) in [6.45, 7) is 6.09. The Kier molecular flexibility index (Phi) is 6.71. The monoisotopic (exact) mass is 324 g/mol. The summed E-state index contributed by atoms with van der Waals surface area (Å²) in [7, 11) is 1.59. The summed E-state index contributed by atoms with van der Waals surface area (Å²) >= 11 is 12.4. The van der Waals surface area contributed by atoms with Crippen LogP contribution in [0.15, 0.2) is 12.1 Å². The van der Waals surface area contributed by atoms with E-state index in [0.29, 0.717) is 21.8 Å². The zero-order valence-electron chi connectivity index (χ0n) is 11.1. The van der Waals surface area contributed by atoms with Crippen LogP contribution < -0.4 is 10.1 Å². The quantitative estimate of drug-likeness (QED) is 0.923. The number of piperazine rings is 1. The lowest BCUT2D eigenvalue weighted by Crippen LogP contribution is -2.48. The van der Waals surface area contributed by atoms with Gasteiger partial charge in [-0.25, -0.2) is 0 Å². The number of hydrogen-bond donors (Lipinski definition) is 1. The maximum absolute atomic E-state index is 6.25. The summed E-state index contributed by atoms with van der Waals surface area (Å²) in [5, 5.41) is 4.74. The van der Waals surface area contributed by atoms with Crippen LogP contribution in [0.25, 0.3) is 0 Å². The van der Waals surface area contributed by atoms with Gasteiger partial charge in [-0.3, -0.25) is 4.90 Å². The molecular formula is C13H19Cl3N2O. The molecule has 1 N–H and O–H groups in total. The van der Waals surface area contributed by atoms with Crippen molar-refractivity contribution in [3.05, 3.63) is 27.7 Å². The number of methoxy groups -OCH3 is 1. The largest absolute Gasteiger partial charge is 0.495 e. The van der Waals surface area contributed by atoms with Gasteiger partial charge in [0.05, 0.1) is 12.1 Å². The van der Waals surface area contributed by atoms with Crippen molar-refractivity contribution in [1.29, 1.82) is 0 Å². The maximum atomic E-state index is 6.25. The molecule has 0 aromatic heterocycles. The molecule has 0 radical (unpaired) electrons. The van der Waals surface area contributed by atoms with E-state index in [2.05, 4.69) is 17.1 Å². The van der Waals surface area contributed by atoms with Gasteiger partial charge in [-0.1, -0.05) is 23.2 Å². The average molecular weight is 326 g/mol. The van der Waals surface area contributed by atoms with Crippen LogP contribution in [0.1, 0.15) is 12.5 Å². The second kappa shape index (κ2) is 7.55. The van der Waals surface area contributed by atoms with Gasteiger partial charge < -0.3 is 10.1 Å². The molecule has 108 valence electrons. The minimum absolute atomic E-state index is 0. The Morgan fingerprint density at radius 1 is 1.37 bits per heavy atom. The highest BCUT2D eigenvalue weighted by atomic mass is 35.5. The second-order valence-electron chi connectivity index (χ2n) is 4.67. The summed E-state index contributed by atoms with van der Waals surface area (Å²) in [5.41, 5.74) is 1.05. The first-order valence-corrected chi connectivity index (χ1v) is 6.83. The zero-order valence-corrected chi connectivity index (χ0v) is 13.4. The molecule has 1 atom stereocenters. The molecule has 19 heavy (non-hydrogen) atoms. The normalized spacial score (nSPS) is 19.9. The third-order valence-corrected chi connectivity index (χ3v) is 3.81. The van der Waals surface area contributed by atoms with Crippen LogP contribution >= 0.6 is 35.6 Å². The molecule has 0 amide bonds. The van der Waals surface area contributed by atoms with Gasteiger partial charge in [0.25, 0.3) is 0 Å². The van der Waals surface area contributed by atoms with E-state index in [0.717, 1.165) is 31.7 Å². The third kappa shape index (κ3) is 4.40. The van der Waals surface area contributed by atoms with Gasteiger partial charge in [-0.05, 0) is 18.6 Å². The fourth-order valence-electron chi connectivity index (χ4n) is 2.24. The lowest BCUT2D eigenvalue weighted by molar-refractivity contribution is 0.199. The number of hydrogen-bond acceptors (Lipinski definition) is 3. The molecule has 1 aliphatic heterocycles. The van der Waals surface area contributed by atoms with E-state index in [4.69, 9.17) is 27.9 Å². The molecule has 2 rings (SSSR count). The van der Waals surface area contributed by atoms with Crippen LogP contribution in [0.5, 0.6) is 5.75 Å². The SMILES string of the molecule is COc1cc(Cl)c(CN2CCN[C@H](C)C2)cc1Cl.Cl. The molecule has 0 spiro atoms. The minimum Gasteiger partial charge on any atom is -0.495 e. The van der Waals surface area contributed by atoms with Crippen molar-refractivity contribution in [2.75, 3.05) is 26.7 Å². The van der Waals surface area contributed by atoms with Crippen LogP contribution in [-0.4, -0.2) is 37.7 Å². The number of nitrogens with zero attached hydrogens (tertiary/aromatic N) is 1. The van der Waals surface area contributed by atoms with Gasteiger partial charge in [0.15, 0.2) is 0 Å². The number of rotatable bonds is 3. The number of benzene rings is 1. The standard InChI is InChI=1S/C13H18Cl2N2O.ClH/c1-9-7-17(4-3-16-9)8-10-5-12(15)13(18-2)6-11(10)14;/h5-6,9,16H,3-4,7-8H2,1-2H3;1H/t9-;/m1./s1.